The van der Waals surface area contributed by atoms with Gasteiger partial charge in [0.1, 0.15) is 17.0 Å². The number of nitrogens with zero attached hydrogens (tertiary/aromatic N) is 3. The lowest BCUT2D eigenvalue weighted by molar-refractivity contribution is 0.181. The normalized spacial score (nSPS) is 14.3. The predicted molar refractivity (Wildman–Crippen MR) is 121 cm³/mol. The van der Waals surface area contributed by atoms with E-state index in [0.717, 1.165) is 55.4 Å². The molecule has 0 saturated carbocycles. The molecule has 3 aromatic rings. The Bertz CT molecular complexity index is 1010. The number of anilines is 2. The molecular formula is C23H30N4OS. The van der Waals surface area contributed by atoms with Crippen molar-refractivity contribution in [1.82, 2.24) is 14.9 Å². The molecule has 1 aliphatic rings. The molecule has 0 bridgehead atoms. The number of aromatic nitrogens is 2. The summed E-state index contributed by atoms with van der Waals surface area (Å²) in [6.07, 6.45) is 5.06. The molecule has 6 heteroatoms. The Morgan fingerprint density at radius 3 is 2.76 bits per heavy atom. The van der Waals surface area contributed by atoms with Gasteiger partial charge in [0.15, 0.2) is 0 Å². The van der Waals surface area contributed by atoms with Crippen molar-refractivity contribution in [2.45, 2.75) is 46.6 Å². The second kappa shape index (κ2) is 8.78. The number of ether oxygens (including phenoxy) is 1. The minimum atomic E-state index is 0.852. The Hall–Kier alpha value is -2.02. The summed E-state index contributed by atoms with van der Waals surface area (Å²) < 4.78 is 5.17. The number of fused-ring (bicyclic) bond motifs is 3. The summed E-state index contributed by atoms with van der Waals surface area (Å²) in [6, 6.07) is 4.46. The van der Waals surface area contributed by atoms with Crippen molar-refractivity contribution in [3.63, 3.8) is 0 Å². The second-order valence-electron chi connectivity index (χ2n) is 8.01. The van der Waals surface area contributed by atoms with Crippen LogP contribution in [0.25, 0.3) is 10.2 Å². The molecule has 29 heavy (non-hydrogen) atoms. The summed E-state index contributed by atoms with van der Waals surface area (Å²) in [4.78, 5) is 14.3. The highest BCUT2D eigenvalue weighted by Crippen LogP contribution is 2.38. The third-order valence-electron chi connectivity index (χ3n) is 5.88. The molecule has 5 nitrogen and oxygen atoms in total. The largest absolute Gasteiger partial charge is 0.385 e. The monoisotopic (exact) mass is 410 g/mol. The lowest BCUT2D eigenvalue weighted by Gasteiger charge is -2.26. The first-order valence-electron chi connectivity index (χ1n) is 10.4. The SMILES string of the molecule is COCCCCN1CCc2c(sc3ncnc(Nc4cc(C)c(C)cc4C)c23)C1. The lowest BCUT2D eigenvalue weighted by atomic mass is 10.0. The number of methoxy groups -OCH3 is 1. The number of hydrogen-bond acceptors (Lipinski definition) is 6. The summed E-state index contributed by atoms with van der Waals surface area (Å²) in [6.45, 7) is 10.6. The van der Waals surface area contributed by atoms with Crippen molar-refractivity contribution in [3.05, 3.63) is 45.6 Å². The number of benzene rings is 1. The van der Waals surface area contributed by atoms with Gasteiger partial charge in [0.05, 0.1) is 5.39 Å². The van der Waals surface area contributed by atoms with E-state index in [0.29, 0.717) is 0 Å². The highest BCUT2D eigenvalue weighted by Gasteiger charge is 2.23. The Balaban J connectivity index is 1.59. The maximum Gasteiger partial charge on any atom is 0.142 e. The number of hydrogen-bond donors (Lipinski definition) is 1. The van der Waals surface area contributed by atoms with Crippen molar-refractivity contribution in [2.75, 3.05) is 32.1 Å². The maximum absolute atomic E-state index is 5.17. The highest BCUT2D eigenvalue weighted by atomic mass is 32.1. The van der Waals surface area contributed by atoms with Gasteiger partial charge in [0, 0.05) is 37.4 Å². The van der Waals surface area contributed by atoms with Gasteiger partial charge in [-0.2, -0.15) is 0 Å². The first-order chi connectivity index (χ1) is 14.1. The second-order valence-corrected chi connectivity index (χ2v) is 9.09. The third-order valence-corrected chi connectivity index (χ3v) is 7.01. The summed E-state index contributed by atoms with van der Waals surface area (Å²) >= 11 is 1.82. The zero-order chi connectivity index (χ0) is 20.4. The van der Waals surface area contributed by atoms with Crippen LogP contribution in [0.1, 0.15) is 40.0 Å². The molecule has 1 aromatic carbocycles. The third kappa shape index (κ3) is 4.29. The zero-order valence-electron chi connectivity index (χ0n) is 17.8. The van der Waals surface area contributed by atoms with Gasteiger partial charge in [-0.15, -0.1) is 11.3 Å². The fourth-order valence-corrected chi connectivity index (χ4v) is 5.30. The van der Waals surface area contributed by atoms with E-state index in [1.54, 1.807) is 13.4 Å². The summed E-state index contributed by atoms with van der Waals surface area (Å²) in [5.41, 5.74) is 6.41. The molecule has 3 heterocycles. The minimum absolute atomic E-state index is 0.852. The van der Waals surface area contributed by atoms with Crippen LogP contribution < -0.4 is 5.32 Å². The average molecular weight is 411 g/mol. The zero-order valence-corrected chi connectivity index (χ0v) is 18.7. The molecule has 2 aromatic heterocycles. The molecule has 154 valence electrons. The molecule has 0 radical (unpaired) electrons. The minimum Gasteiger partial charge on any atom is -0.385 e. The molecular weight excluding hydrogens is 380 g/mol. The van der Waals surface area contributed by atoms with Crippen molar-refractivity contribution >= 4 is 33.1 Å². The smallest absolute Gasteiger partial charge is 0.142 e. The van der Waals surface area contributed by atoms with Crippen molar-refractivity contribution in [2.24, 2.45) is 0 Å². The maximum atomic E-state index is 5.17. The van der Waals surface area contributed by atoms with Crippen molar-refractivity contribution < 1.29 is 4.74 Å². The number of nitrogens with one attached hydrogen (secondary N) is 1. The molecule has 0 unspecified atom stereocenters. The quantitative estimate of drug-likeness (QED) is 0.546. The van der Waals surface area contributed by atoms with Gasteiger partial charge in [0.2, 0.25) is 0 Å². The van der Waals surface area contributed by atoms with Gasteiger partial charge in [-0.25, -0.2) is 9.97 Å². The Morgan fingerprint density at radius 2 is 1.93 bits per heavy atom. The summed E-state index contributed by atoms with van der Waals surface area (Å²) in [5.74, 6) is 0.937. The van der Waals surface area contributed by atoms with E-state index < -0.39 is 0 Å². The number of rotatable bonds is 7. The van der Waals surface area contributed by atoms with Gasteiger partial charge < -0.3 is 10.1 Å². The average Bonchev–Trinajstić information content (AvgIpc) is 3.08. The van der Waals surface area contributed by atoms with E-state index in [9.17, 15) is 0 Å². The van der Waals surface area contributed by atoms with E-state index in [1.165, 1.54) is 38.9 Å². The van der Waals surface area contributed by atoms with Gasteiger partial charge in [-0.3, -0.25) is 4.90 Å². The van der Waals surface area contributed by atoms with E-state index in [1.807, 2.05) is 11.3 Å². The Kier molecular flexibility index (Phi) is 6.13. The van der Waals surface area contributed by atoms with E-state index >= 15 is 0 Å². The first kappa shape index (κ1) is 20.3. The van der Waals surface area contributed by atoms with Crippen LogP contribution in [0, 0.1) is 20.8 Å². The number of aryl methyl sites for hydroxylation is 3. The van der Waals surface area contributed by atoms with Crippen LogP contribution >= 0.6 is 11.3 Å². The molecule has 0 saturated heterocycles. The highest BCUT2D eigenvalue weighted by molar-refractivity contribution is 7.19. The lowest BCUT2D eigenvalue weighted by Crippen LogP contribution is -2.30. The van der Waals surface area contributed by atoms with Crippen LogP contribution in [0.5, 0.6) is 0 Å². The van der Waals surface area contributed by atoms with Gasteiger partial charge in [0.25, 0.3) is 0 Å². The van der Waals surface area contributed by atoms with Gasteiger partial charge >= 0.3 is 0 Å². The van der Waals surface area contributed by atoms with E-state index in [4.69, 9.17) is 4.74 Å². The summed E-state index contributed by atoms with van der Waals surface area (Å²) in [5, 5.41) is 4.82. The fourth-order valence-electron chi connectivity index (χ4n) is 4.07. The molecule has 0 spiro atoms. The topological polar surface area (TPSA) is 50.3 Å². The molecule has 0 aliphatic carbocycles. The first-order valence-corrected chi connectivity index (χ1v) is 11.2. The van der Waals surface area contributed by atoms with Crippen LogP contribution in [0.4, 0.5) is 11.5 Å². The standard InChI is InChI=1S/C23H30N4OS/c1-15-11-17(3)19(12-16(15)2)26-22-21-18-7-9-27(8-5-6-10-28-4)13-20(18)29-23(21)25-14-24-22/h11-12,14H,5-10,13H2,1-4H3,(H,24,25,26). The Morgan fingerprint density at radius 1 is 1.10 bits per heavy atom. The molecule has 0 atom stereocenters. The van der Waals surface area contributed by atoms with Gasteiger partial charge in [-0.05, 0) is 74.9 Å². The molecule has 0 amide bonds. The van der Waals surface area contributed by atoms with Crippen LogP contribution in [0.15, 0.2) is 18.5 Å². The van der Waals surface area contributed by atoms with Crippen molar-refractivity contribution in [3.8, 4) is 0 Å². The van der Waals surface area contributed by atoms with Crippen LogP contribution in [0.3, 0.4) is 0 Å². The molecule has 1 N–H and O–H groups in total. The molecule has 1 aliphatic heterocycles. The molecule has 0 fully saturated rings. The van der Waals surface area contributed by atoms with Crippen LogP contribution in [-0.2, 0) is 17.7 Å². The van der Waals surface area contributed by atoms with Gasteiger partial charge in [-0.1, -0.05) is 6.07 Å². The van der Waals surface area contributed by atoms with E-state index in [2.05, 4.69) is 53.1 Å². The van der Waals surface area contributed by atoms with Crippen molar-refractivity contribution in [1.29, 1.82) is 0 Å². The van der Waals surface area contributed by atoms with Crippen LogP contribution in [0.2, 0.25) is 0 Å². The number of thiophene rings is 1. The fraction of sp³-hybridized carbons (Fsp3) is 0.478. The predicted octanol–water partition coefficient (Wildman–Crippen LogP) is 5.14. The molecule has 4 rings (SSSR count). The summed E-state index contributed by atoms with van der Waals surface area (Å²) in [7, 11) is 1.77. The Labute approximate surface area is 177 Å². The van der Waals surface area contributed by atoms with Crippen LogP contribution in [-0.4, -0.2) is 41.7 Å². The van der Waals surface area contributed by atoms with E-state index in [-0.39, 0.29) is 0 Å². The number of unbranched alkanes of at least 4 members (excludes halogenated alkanes) is 1.